The van der Waals surface area contributed by atoms with Crippen molar-refractivity contribution in [2.24, 2.45) is 0 Å². The number of rotatable bonds is 48. The Morgan fingerprint density at radius 1 is 0.484 bits per heavy atom. The first-order valence-corrected chi connectivity index (χ1v) is 26.3. The molecule has 0 saturated heterocycles. The summed E-state index contributed by atoms with van der Waals surface area (Å²) in [6.07, 6.45) is 53.2. The minimum atomic E-state index is -1.51. The Morgan fingerprint density at radius 2 is 0.891 bits per heavy atom. The number of allylic oxidation sites excluding steroid dienone is 8. The van der Waals surface area contributed by atoms with Crippen LogP contribution in [0.1, 0.15) is 226 Å². The Bertz CT molecular complexity index is 1190. The molecule has 0 fully saturated rings. The van der Waals surface area contributed by atoms with Gasteiger partial charge < -0.3 is 28.5 Å². The molecule has 0 aliphatic carbocycles. The second kappa shape index (κ2) is 46.8. The maximum Gasteiger partial charge on any atom is 0.361 e. The molecule has 0 aliphatic heterocycles. The molecule has 9 nitrogen and oxygen atoms in total. The van der Waals surface area contributed by atoms with Crippen LogP contribution < -0.4 is 0 Å². The molecular weight excluding hydrogens is 803 g/mol. The molecule has 0 spiro atoms. The molecule has 2 atom stereocenters. The van der Waals surface area contributed by atoms with Crippen molar-refractivity contribution in [3.05, 3.63) is 48.6 Å². The van der Waals surface area contributed by atoms with Crippen molar-refractivity contribution in [2.45, 2.75) is 238 Å². The van der Waals surface area contributed by atoms with Crippen molar-refractivity contribution in [1.82, 2.24) is 0 Å². The van der Waals surface area contributed by atoms with Crippen LogP contribution in [0, 0.1) is 0 Å². The van der Waals surface area contributed by atoms with E-state index in [0.29, 0.717) is 17.4 Å². The number of aliphatic carboxylic acids is 1. The summed E-state index contributed by atoms with van der Waals surface area (Å²) < 4.78 is 22.8. The van der Waals surface area contributed by atoms with Crippen LogP contribution in [0.15, 0.2) is 48.6 Å². The van der Waals surface area contributed by atoms with Crippen molar-refractivity contribution in [1.29, 1.82) is 0 Å². The van der Waals surface area contributed by atoms with Gasteiger partial charge in [0.25, 0.3) is 6.29 Å². The molecule has 0 aromatic carbocycles. The molecule has 1 N–H and O–H groups in total. The van der Waals surface area contributed by atoms with Crippen LogP contribution in [-0.2, 0) is 33.3 Å². The fourth-order valence-corrected chi connectivity index (χ4v) is 7.30. The van der Waals surface area contributed by atoms with E-state index in [1.807, 2.05) is 21.1 Å². The summed E-state index contributed by atoms with van der Waals surface area (Å²) in [7, 11) is 5.96. The van der Waals surface area contributed by atoms with E-state index >= 15 is 0 Å². The monoisotopic (exact) mass is 903 g/mol. The topological polar surface area (TPSA) is 108 Å². The summed E-state index contributed by atoms with van der Waals surface area (Å²) in [6.45, 7) is 4.77. The highest BCUT2D eigenvalue weighted by atomic mass is 16.7. The predicted octanol–water partition coefficient (Wildman–Crippen LogP) is 14.7. The predicted molar refractivity (Wildman–Crippen MR) is 267 cm³/mol. The molecule has 0 saturated carbocycles. The highest BCUT2D eigenvalue weighted by Crippen LogP contribution is 2.16. The smallest absolute Gasteiger partial charge is 0.361 e. The number of carboxylic acid groups (broad SMARTS) is 1. The average Bonchev–Trinajstić information content (AvgIpc) is 3.26. The number of nitrogens with zero attached hydrogens (tertiary/aromatic N) is 1. The Labute approximate surface area is 393 Å². The maximum atomic E-state index is 12.8. The van der Waals surface area contributed by atoms with Crippen LogP contribution in [-0.4, -0.2) is 87.4 Å². The van der Waals surface area contributed by atoms with Crippen LogP contribution in [0.5, 0.6) is 0 Å². The number of hydrogen-bond acceptors (Lipinski definition) is 7. The van der Waals surface area contributed by atoms with Crippen LogP contribution in [0.25, 0.3) is 0 Å². The van der Waals surface area contributed by atoms with E-state index in [4.69, 9.17) is 18.9 Å². The third-order valence-electron chi connectivity index (χ3n) is 11.3. The van der Waals surface area contributed by atoms with E-state index in [9.17, 15) is 19.5 Å². The molecule has 2 unspecified atom stereocenters. The summed E-state index contributed by atoms with van der Waals surface area (Å²) in [5.74, 6) is -2.00. The lowest BCUT2D eigenvalue weighted by molar-refractivity contribution is -0.870. The Morgan fingerprint density at radius 3 is 1.33 bits per heavy atom. The Kier molecular flexibility index (Phi) is 44.8. The molecule has 0 rings (SSSR count). The highest BCUT2D eigenvalue weighted by molar-refractivity contribution is 5.71. The lowest BCUT2D eigenvalue weighted by Crippen LogP contribution is -2.40. The molecule has 9 heteroatoms. The van der Waals surface area contributed by atoms with Crippen molar-refractivity contribution in [2.75, 3.05) is 47.5 Å². The fraction of sp³-hybridized carbons (Fsp3) is 0.800. The van der Waals surface area contributed by atoms with Gasteiger partial charge in [-0.1, -0.05) is 210 Å². The summed E-state index contributed by atoms with van der Waals surface area (Å²) in [4.78, 5) is 37.2. The third-order valence-corrected chi connectivity index (χ3v) is 11.3. The molecule has 0 aliphatic rings. The number of quaternary nitrogens is 1. The third kappa shape index (κ3) is 47.2. The molecule has 372 valence electrons. The minimum absolute atomic E-state index is 0.179. The first-order chi connectivity index (χ1) is 31.1. The number of carboxylic acids is 1. The number of likely N-dealkylation sites (N-methyl/N-ethyl adjacent to an activating group) is 1. The van der Waals surface area contributed by atoms with Gasteiger partial charge in [-0.2, -0.15) is 0 Å². The molecule has 0 radical (unpaired) electrons. The molecule has 0 heterocycles. The van der Waals surface area contributed by atoms with Gasteiger partial charge in [0.15, 0.2) is 6.10 Å². The zero-order valence-electron chi connectivity index (χ0n) is 42.2. The first kappa shape index (κ1) is 61.2. The van der Waals surface area contributed by atoms with E-state index in [0.717, 1.165) is 64.2 Å². The second-order valence-electron chi connectivity index (χ2n) is 18.8. The lowest BCUT2D eigenvalue weighted by Gasteiger charge is -2.25. The normalized spacial score (nSPS) is 13.2. The average molecular weight is 903 g/mol. The number of esters is 2. The van der Waals surface area contributed by atoms with Gasteiger partial charge in [-0.3, -0.25) is 9.59 Å². The lowest BCUT2D eigenvalue weighted by atomic mass is 10.0. The van der Waals surface area contributed by atoms with E-state index < -0.39 is 24.3 Å². The second-order valence-corrected chi connectivity index (χ2v) is 18.8. The zero-order valence-corrected chi connectivity index (χ0v) is 42.2. The van der Waals surface area contributed by atoms with Gasteiger partial charge in [0.2, 0.25) is 0 Å². The first-order valence-electron chi connectivity index (χ1n) is 26.3. The quantitative estimate of drug-likeness (QED) is 0.0211. The zero-order chi connectivity index (χ0) is 47.0. The molecule has 0 aromatic rings. The summed E-state index contributed by atoms with van der Waals surface area (Å²) in [5.41, 5.74) is 0. The van der Waals surface area contributed by atoms with Crippen LogP contribution in [0.4, 0.5) is 0 Å². The van der Waals surface area contributed by atoms with Gasteiger partial charge >= 0.3 is 17.9 Å². The molecule has 0 aromatic heterocycles. The number of ether oxygens (including phenoxy) is 4. The highest BCUT2D eigenvalue weighted by Gasteiger charge is 2.25. The minimum Gasteiger partial charge on any atom is -0.477 e. The van der Waals surface area contributed by atoms with Gasteiger partial charge in [-0.25, -0.2) is 4.79 Å². The van der Waals surface area contributed by atoms with Crippen LogP contribution >= 0.6 is 0 Å². The number of carbonyl (C=O) groups excluding carboxylic acids is 2. The Hall–Kier alpha value is -2.75. The Balaban J connectivity index is 4.20. The fourth-order valence-electron chi connectivity index (χ4n) is 7.30. The molecule has 0 bridgehead atoms. The van der Waals surface area contributed by atoms with Gasteiger partial charge in [0.1, 0.15) is 13.2 Å². The SMILES string of the molecule is CC/C=C\C/C=C\C/C=C\C/C=C\CCCCCCCCCCCCCCCCC(=O)OC(COC(=O)CCCCCCCCCCCCCC)COC(OCC[N+](C)(C)C)C(=O)O. The maximum absolute atomic E-state index is 12.8. The van der Waals surface area contributed by atoms with Crippen LogP contribution in [0.3, 0.4) is 0 Å². The van der Waals surface area contributed by atoms with Gasteiger partial charge in [-0.15, -0.1) is 0 Å². The molecule has 64 heavy (non-hydrogen) atoms. The summed E-state index contributed by atoms with van der Waals surface area (Å²) >= 11 is 0. The number of unbranched alkanes of at least 4 members (excludes halogenated alkanes) is 25. The van der Waals surface area contributed by atoms with Gasteiger partial charge in [0.05, 0.1) is 34.4 Å². The molecular formula is C55H100NO8+. The standard InChI is InChI=1S/C55H99NO8/c1-6-8-10-12-14-16-18-20-21-22-23-24-25-26-27-28-29-30-31-32-33-34-36-38-40-42-44-46-53(58)64-51(50-63-55(54(59)60)61-48-47-56(3,4)5)49-62-52(57)45-43-41-39-37-35-19-17-15-13-11-9-7-2/h8,10,14,16,20-21,23-24,51,55H,6-7,9,11-13,15,17-19,22,25-50H2,1-5H3/p+1/b10-8-,16-14-,21-20-,24-23-. The number of carbonyl (C=O) groups is 3. The van der Waals surface area contributed by atoms with E-state index in [1.165, 1.54) is 135 Å². The van der Waals surface area contributed by atoms with E-state index in [2.05, 4.69) is 62.5 Å². The van der Waals surface area contributed by atoms with Crippen molar-refractivity contribution in [3.63, 3.8) is 0 Å². The van der Waals surface area contributed by atoms with Gasteiger partial charge in [-0.05, 0) is 51.4 Å². The number of hydrogen-bond donors (Lipinski definition) is 1. The van der Waals surface area contributed by atoms with Crippen LogP contribution in [0.2, 0.25) is 0 Å². The van der Waals surface area contributed by atoms with Crippen molar-refractivity contribution >= 4 is 17.9 Å². The largest absolute Gasteiger partial charge is 0.477 e. The van der Waals surface area contributed by atoms with E-state index in [-0.39, 0.29) is 32.2 Å². The van der Waals surface area contributed by atoms with Crippen molar-refractivity contribution in [3.8, 4) is 0 Å². The van der Waals surface area contributed by atoms with Crippen molar-refractivity contribution < 1.29 is 42.9 Å². The van der Waals surface area contributed by atoms with Gasteiger partial charge in [0, 0.05) is 12.8 Å². The van der Waals surface area contributed by atoms with E-state index in [1.54, 1.807) is 0 Å². The summed E-state index contributed by atoms with van der Waals surface area (Å²) in [6, 6.07) is 0. The molecule has 0 amide bonds. The summed E-state index contributed by atoms with van der Waals surface area (Å²) in [5, 5.41) is 9.66.